The summed E-state index contributed by atoms with van der Waals surface area (Å²) in [4.78, 5) is 14.2. The Morgan fingerprint density at radius 2 is 1.89 bits per heavy atom. The highest BCUT2D eigenvalue weighted by atomic mass is 16.5. The Kier molecular flexibility index (Phi) is 3.34. The van der Waals surface area contributed by atoms with Crippen molar-refractivity contribution >= 4 is 5.97 Å². The second kappa shape index (κ2) is 4.80. The second-order valence-electron chi connectivity index (χ2n) is 4.59. The summed E-state index contributed by atoms with van der Waals surface area (Å²) in [5.41, 5.74) is 4.92. The number of nitrogens with one attached hydrogen (secondary N) is 1. The van der Waals surface area contributed by atoms with E-state index < -0.39 is 5.97 Å². The minimum absolute atomic E-state index is 0.308. The number of carboxylic acids is 1. The third-order valence-corrected chi connectivity index (χ3v) is 3.49. The van der Waals surface area contributed by atoms with Gasteiger partial charge in [0.1, 0.15) is 5.75 Å². The van der Waals surface area contributed by atoms with Gasteiger partial charge in [-0.3, -0.25) is 0 Å². The summed E-state index contributed by atoms with van der Waals surface area (Å²) in [5.74, 6) is -0.0779. The number of carbonyl (C=O) groups is 1. The summed E-state index contributed by atoms with van der Waals surface area (Å²) in [7, 11) is 1.64. The van der Waals surface area contributed by atoms with Crippen LogP contribution in [0.1, 0.15) is 27.2 Å². The van der Waals surface area contributed by atoms with Crippen LogP contribution in [-0.4, -0.2) is 23.2 Å². The molecule has 2 N–H and O–H groups in total. The number of aromatic nitrogens is 1. The number of hydrogen-bond donors (Lipinski definition) is 2. The van der Waals surface area contributed by atoms with Crippen LogP contribution in [-0.2, 0) is 0 Å². The Hall–Kier alpha value is -2.23. The Balaban J connectivity index is 2.57. The quantitative estimate of drug-likeness (QED) is 0.888. The highest BCUT2D eigenvalue weighted by Crippen LogP contribution is 2.31. The van der Waals surface area contributed by atoms with E-state index >= 15 is 0 Å². The number of carboxylic acid groups (broad SMARTS) is 1. The number of ether oxygens (including phenoxy) is 1. The van der Waals surface area contributed by atoms with Gasteiger partial charge in [-0.2, -0.15) is 0 Å². The molecule has 0 fully saturated rings. The first-order chi connectivity index (χ1) is 8.95. The number of benzene rings is 1. The highest BCUT2D eigenvalue weighted by molar-refractivity contribution is 5.91. The van der Waals surface area contributed by atoms with Crippen molar-refractivity contribution < 1.29 is 14.6 Å². The lowest BCUT2D eigenvalue weighted by Crippen LogP contribution is -1.95. The van der Waals surface area contributed by atoms with Crippen LogP contribution < -0.4 is 4.74 Å². The lowest BCUT2D eigenvalue weighted by molar-refractivity contribution is 0.0696. The van der Waals surface area contributed by atoms with Gasteiger partial charge in [-0.15, -0.1) is 0 Å². The molecule has 1 aromatic heterocycles. The first kappa shape index (κ1) is 13.2. The van der Waals surface area contributed by atoms with E-state index in [4.69, 9.17) is 9.84 Å². The van der Waals surface area contributed by atoms with Crippen LogP contribution in [0, 0.1) is 20.8 Å². The van der Waals surface area contributed by atoms with Crippen molar-refractivity contribution in [3.05, 3.63) is 40.6 Å². The largest absolute Gasteiger partial charge is 0.496 e. The molecule has 0 aliphatic heterocycles. The maximum atomic E-state index is 11.1. The molecule has 0 aliphatic carbocycles. The Bertz CT molecular complexity index is 641. The number of rotatable bonds is 3. The number of H-pyrrole nitrogens is 1. The van der Waals surface area contributed by atoms with Crippen molar-refractivity contribution in [3.63, 3.8) is 0 Å². The predicted molar refractivity (Wildman–Crippen MR) is 74.0 cm³/mol. The van der Waals surface area contributed by atoms with Crippen molar-refractivity contribution in [1.82, 2.24) is 4.98 Å². The van der Waals surface area contributed by atoms with Crippen LogP contribution in [0.3, 0.4) is 0 Å². The number of aromatic carboxylic acids is 1. The van der Waals surface area contributed by atoms with E-state index in [2.05, 4.69) is 4.98 Å². The molecule has 2 aromatic rings. The fourth-order valence-electron chi connectivity index (χ4n) is 2.23. The zero-order valence-corrected chi connectivity index (χ0v) is 11.5. The normalized spacial score (nSPS) is 10.5. The van der Waals surface area contributed by atoms with Crippen LogP contribution in [0.5, 0.6) is 5.75 Å². The Labute approximate surface area is 112 Å². The maximum Gasteiger partial charge on any atom is 0.337 e. The number of hydrogen-bond acceptors (Lipinski definition) is 2. The molecule has 0 bridgehead atoms. The predicted octanol–water partition coefficient (Wildman–Crippen LogP) is 3.31. The summed E-state index contributed by atoms with van der Waals surface area (Å²) in [6, 6.07) is 5.51. The molecule has 0 radical (unpaired) electrons. The van der Waals surface area contributed by atoms with E-state index in [0.717, 1.165) is 28.1 Å². The molecule has 0 saturated heterocycles. The van der Waals surface area contributed by atoms with Crippen LogP contribution in [0.2, 0.25) is 0 Å². The Morgan fingerprint density at radius 3 is 2.42 bits per heavy atom. The average molecular weight is 259 g/mol. The summed E-state index contributed by atoms with van der Waals surface area (Å²) in [6.07, 6.45) is 0. The van der Waals surface area contributed by atoms with Crippen LogP contribution in [0.15, 0.2) is 18.2 Å². The van der Waals surface area contributed by atoms with Gasteiger partial charge in [0.25, 0.3) is 0 Å². The zero-order valence-electron chi connectivity index (χ0n) is 11.5. The molecular weight excluding hydrogens is 242 g/mol. The summed E-state index contributed by atoms with van der Waals surface area (Å²) in [6.45, 7) is 5.76. The monoisotopic (exact) mass is 259 g/mol. The molecule has 100 valence electrons. The number of aryl methyl sites for hydroxylation is 1. The lowest BCUT2D eigenvalue weighted by Gasteiger charge is -2.11. The highest BCUT2D eigenvalue weighted by Gasteiger charge is 2.15. The van der Waals surface area contributed by atoms with Crippen molar-refractivity contribution in [3.8, 4) is 17.0 Å². The molecule has 0 aliphatic rings. The third kappa shape index (κ3) is 2.21. The summed E-state index contributed by atoms with van der Waals surface area (Å²) < 4.78 is 5.28. The number of aromatic amines is 1. The minimum Gasteiger partial charge on any atom is -0.496 e. The van der Waals surface area contributed by atoms with E-state index in [1.165, 1.54) is 0 Å². The average Bonchev–Trinajstić information content (AvgIpc) is 2.74. The molecule has 1 aromatic carbocycles. The van der Waals surface area contributed by atoms with Gasteiger partial charge in [0.15, 0.2) is 0 Å². The van der Waals surface area contributed by atoms with Gasteiger partial charge in [-0.25, -0.2) is 4.79 Å². The molecule has 1 heterocycles. The van der Waals surface area contributed by atoms with Gasteiger partial charge in [0, 0.05) is 17.0 Å². The molecule has 19 heavy (non-hydrogen) atoms. The van der Waals surface area contributed by atoms with Gasteiger partial charge in [-0.05, 0) is 50.1 Å². The molecular formula is C15H17NO3. The number of methoxy groups -OCH3 is 1. The molecule has 4 nitrogen and oxygen atoms in total. The molecule has 0 atom stereocenters. The van der Waals surface area contributed by atoms with E-state index in [0.29, 0.717) is 11.3 Å². The molecule has 0 unspecified atom stereocenters. The van der Waals surface area contributed by atoms with Gasteiger partial charge < -0.3 is 14.8 Å². The van der Waals surface area contributed by atoms with E-state index in [-0.39, 0.29) is 0 Å². The van der Waals surface area contributed by atoms with Crippen molar-refractivity contribution in [2.75, 3.05) is 7.11 Å². The molecule has 2 rings (SSSR count). The molecule has 0 spiro atoms. The standard InChI is InChI=1S/C15H17NO3/c1-8-9(2)14(19-4)6-5-11(8)13-7-12(15(17)18)10(3)16-13/h5-7,16H,1-4H3,(H,17,18). The second-order valence-corrected chi connectivity index (χ2v) is 4.59. The minimum atomic E-state index is -0.914. The SMILES string of the molecule is COc1ccc(-c2cc(C(=O)O)c(C)[nH]2)c(C)c1C. The van der Waals surface area contributed by atoms with Crippen LogP contribution in [0.4, 0.5) is 0 Å². The fraction of sp³-hybridized carbons (Fsp3) is 0.267. The Morgan fingerprint density at radius 1 is 1.21 bits per heavy atom. The molecule has 4 heteroatoms. The van der Waals surface area contributed by atoms with Crippen LogP contribution >= 0.6 is 0 Å². The third-order valence-electron chi connectivity index (χ3n) is 3.49. The van der Waals surface area contributed by atoms with Crippen molar-refractivity contribution in [2.45, 2.75) is 20.8 Å². The summed E-state index contributed by atoms with van der Waals surface area (Å²) in [5, 5.41) is 9.09. The lowest BCUT2D eigenvalue weighted by atomic mass is 10.00. The van der Waals surface area contributed by atoms with Gasteiger partial charge in [-0.1, -0.05) is 0 Å². The topological polar surface area (TPSA) is 62.3 Å². The zero-order chi connectivity index (χ0) is 14.2. The summed E-state index contributed by atoms with van der Waals surface area (Å²) >= 11 is 0. The van der Waals surface area contributed by atoms with E-state index in [1.807, 2.05) is 26.0 Å². The first-order valence-electron chi connectivity index (χ1n) is 6.03. The van der Waals surface area contributed by atoms with Crippen molar-refractivity contribution in [1.29, 1.82) is 0 Å². The van der Waals surface area contributed by atoms with Crippen molar-refractivity contribution in [2.24, 2.45) is 0 Å². The first-order valence-corrected chi connectivity index (χ1v) is 6.03. The molecule has 0 saturated carbocycles. The van der Waals surface area contributed by atoms with Gasteiger partial charge in [0.05, 0.1) is 12.7 Å². The fourth-order valence-corrected chi connectivity index (χ4v) is 2.23. The van der Waals surface area contributed by atoms with Gasteiger partial charge >= 0.3 is 5.97 Å². The van der Waals surface area contributed by atoms with Gasteiger partial charge in [0.2, 0.25) is 0 Å². The van der Waals surface area contributed by atoms with Crippen LogP contribution in [0.25, 0.3) is 11.3 Å². The molecule has 0 amide bonds. The smallest absolute Gasteiger partial charge is 0.337 e. The maximum absolute atomic E-state index is 11.1. The van der Waals surface area contributed by atoms with E-state index in [1.54, 1.807) is 20.1 Å². The van der Waals surface area contributed by atoms with E-state index in [9.17, 15) is 4.79 Å².